The quantitative estimate of drug-likeness (QED) is 0.132. The molecule has 0 saturated heterocycles. The molecule has 0 aromatic heterocycles. The van der Waals surface area contributed by atoms with Crippen molar-refractivity contribution in [3.05, 3.63) is 150 Å². The number of hydrogen-bond acceptors (Lipinski definition) is 0. The van der Waals surface area contributed by atoms with Crippen LogP contribution in [-0.4, -0.2) is 0 Å². The Morgan fingerprint density at radius 2 is 1.34 bits per heavy atom. The maximum absolute atomic E-state index is 6.35. The fraction of sp³-hybridized carbons (Fsp3) is 0.171. The van der Waals surface area contributed by atoms with Gasteiger partial charge in [-0.1, -0.05) is 163 Å². The molecule has 5 aromatic carbocycles. The van der Waals surface area contributed by atoms with Crippen LogP contribution in [0.25, 0.3) is 21.5 Å². The fourth-order valence-corrected chi connectivity index (χ4v) is 5.57. The Labute approximate surface area is 255 Å². The van der Waals surface area contributed by atoms with E-state index in [1.165, 1.54) is 51.9 Å². The fourth-order valence-electron chi connectivity index (χ4n) is 5.06. The molecule has 1 atom stereocenters. The van der Waals surface area contributed by atoms with Gasteiger partial charge in [0.2, 0.25) is 0 Å². The molecule has 0 amide bonds. The number of rotatable bonds is 6. The van der Waals surface area contributed by atoms with Crippen LogP contribution < -0.4 is 0 Å². The number of hydrogen-bond donors (Lipinski definition) is 0. The minimum Gasteiger partial charge on any atom is -0.126 e. The van der Waals surface area contributed by atoms with Crippen LogP contribution in [0.2, 0.25) is 0 Å². The van der Waals surface area contributed by atoms with Crippen LogP contribution in [0, 0.1) is 0 Å². The largest absolute Gasteiger partial charge is 0.168 e. The summed E-state index contributed by atoms with van der Waals surface area (Å²) in [4.78, 5) is 0. The molecule has 5 aromatic rings. The van der Waals surface area contributed by atoms with Crippen LogP contribution in [0.3, 0.4) is 0 Å². The first kappa shape index (κ1) is 28.7. The molecule has 0 aliphatic heterocycles. The third kappa shape index (κ3) is 6.29. The first-order valence-corrected chi connectivity index (χ1v) is 13.8. The number of benzene rings is 4. The van der Waals surface area contributed by atoms with Gasteiger partial charge in [0.25, 0.3) is 0 Å². The third-order valence-electron chi connectivity index (χ3n) is 7.05. The number of halogens is 2. The second-order valence-corrected chi connectivity index (χ2v) is 10.9. The third-order valence-corrected chi connectivity index (χ3v) is 7.93. The molecule has 190 valence electrons. The van der Waals surface area contributed by atoms with Crippen molar-refractivity contribution in [1.82, 2.24) is 0 Å². The number of unbranched alkanes of at least 4 members (excludes halogenated alkanes) is 1. The molecule has 0 nitrogen and oxygen atoms in total. The molecule has 1 aliphatic carbocycles. The van der Waals surface area contributed by atoms with Gasteiger partial charge in [-0.25, -0.2) is 0 Å². The smallest absolute Gasteiger partial charge is 0.126 e. The Kier molecular flexibility index (Phi) is 9.94. The molecule has 0 saturated carbocycles. The van der Waals surface area contributed by atoms with Crippen LogP contribution in [0.1, 0.15) is 48.8 Å². The van der Waals surface area contributed by atoms with Gasteiger partial charge in [0.1, 0.15) is 0 Å². The molecular formula is C35H31Cl2Zr-. The first-order valence-electron chi connectivity index (χ1n) is 13.0. The molecule has 0 bridgehead atoms. The zero-order valence-electron chi connectivity index (χ0n) is 21.6. The Hall–Kier alpha value is -2.31. The summed E-state index contributed by atoms with van der Waals surface area (Å²) < 4.78 is -0.970. The number of fused-ring (bicyclic) bond motifs is 3. The van der Waals surface area contributed by atoms with Crippen LogP contribution in [-0.2, 0) is 30.5 Å². The Morgan fingerprint density at radius 3 is 2.00 bits per heavy atom. The van der Waals surface area contributed by atoms with Gasteiger partial charge in [0.05, 0.1) is 0 Å². The van der Waals surface area contributed by atoms with E-state index in [1.807, 2.05) is 60.7 Å². The van der Waals surface area contributed by atoms with E-state index in [0.717, 1.165) is 11.1 Å². The van der Waals surface area contributed by atoms with E-state index >= 15 is 0 Å². The predicted octanol–water partition coefficient (Wildman–Crippen LogP) is 10.8. The summed E-state index contributed by atoms with van der Waals surface area (Å²) in [6, 6.07) is 37.1. The van der Waals surface area contributed by atoms with Gasteiger partial charge in [-0.15, -0.1) is 33.7 Å². The van der Waals surface area contributed by atoms with Crippen LogP contribution in [0.4, 0.5) is 0 Å². The van der Waals surface area contributed by atoms with E-state index in [4.69, 9.17) is 23.2 Å². The topological polar surface area (TPSA) is 0 Å². The zero-order valence-corrected chi connectivity index (χ0v) is 25.5. The van der Waals surface area contributed by atoms with Crippen molar-refractivity contribution < 1.29 is 26.2 Å². The van der Waals surface area contributed by atoms with Gasteiger partial charge in [-0.2, -0.15) is 0 Å². The Balaban J connectivity index is 0.000000185. The van der Waals surface area contributed by atoms with Crippen molar-refractivity contribution in [3.63, 3.8) is 0 Å². The van der Waals surface area contributed by atoms with E-state index in [9.17, 15) is 0 Å². The first-order chi connectivity index (χ1) is 18.1. The summed E-state index contributed by atoms with van der Waals surface area (Å²) in [6.45, 7) is 2.26. The minimum atomic E-state index is -0.970. The zero-order chi connectivity index (χ0) is 25.7. The van der Waals surface area contributed by atoms with E-state index in [2.05, 4.69) is 73.7 Å². The molecule has 1 aliphatic rings. The van der Waals surface area contributed by atoms with Gasteiger partial charge in [-0.05, 0) is 29.9 Å². The van der Waals surface area contributed by atoms with Gasteiger partial charge >= 0.3 is 0 Å². The number of allylic oxidation sites excluding steroid dienone is 4. The standard InChI is InChI=1S/C22H21.C13H10Cl2.Zr/c1-2-3-7-16-12-13-18(14-16)20-10-6-11-21-19-9-5-4-8-17(19)15-22(20)21;14-13(15,11-7-3-1-4-8-11)12-9-5-2-6-10-12;/h4-6,8-15,18H,2-3,7H2,1H3;1-10H;/q-1;;. The molecular weight excluding hydrogens is 583 g/mol. The van der Waals surface area contributed by atoms with Crippen LogP contribution >= 0.6 is 23.2 Å². The Morgan fingerprint density at radius 1 is 0.737 bits per heavy atom. The molecule has 0 N–H and O–H groups in total. The van der Waals surface area contributed by atoms with E-state index < -0.39 is 4.33 Å². The normalized spacial score (nSPS) is 14.6. The predicted molar refractivity (Wildman–Crippen MR) is 162 cm³/mol. The summed E-state index contributed by atoms with van der Waals surface area (Å²) in [5.41, 5.74) is 4.72. The summed E-state index contributed by atoms with van der Waals surface area (Å²) in [6.07, 6.45) is 10.9. The van der Waals surface area contributed by atoms with E-state index in [0.29, 0.717) is 5.92 Å². The molecule has 1 unspecified atom stereocenters. The second kappa shape index (κ2) is 13.2. The van der Waals surface area contributed by atoms with Gasteiger partial charge in [-0.3, -0.25) is 0 Å². The summed E-state index contributed by atoms with van der Waals surface area (Å²) in [5.74, 6) is 0.437. The van der Waals surface area contributed by atoms with Crippen LogP contribution in [0.5, 0.6) is 0 Å². The Bertz CT molecular complexity index is 1490. The molecule has 0 radical (unpaired) electrons. The van der Waals surface area contributed by atoms with Gasteiger partial charge in [0, 0.05) is 26.2 Å². The molecule has 6 rings (SSSR count). The maximum Gasteiger partial charge on any atom is 0.168 e. The minimum absolute atomic E-state index is 0. The SMILES string of the molecule is CCCCC1=CC(c2cccc3c2[cH-]c2ccccc23)C=C1.ClC(Cl)(c1ccccc1)c1ccccc1.[Zr]. The molecule has 38 heavy (non-hydrogen) atoms. The average Bonchev–Trinajstić information content (AvgIpc) is 3.58. The second-order valence-electron chi connectivity index (χ2n) is 9.58. The summed E-state index contributed by atoms with van der Waals surface area (Å²) in [7, 11) is 0. The maximum atomic E-state index is 6.35. The molecule has 0 fully saturated rings. The van der Waals surface area contributed by atoms with Crippen molar-refractivity contribution in [2.75, 3.05) is 0 Å². The van der Waals surface area contributed by atoms with Crippen LogP contribution in [0.15, 0.2) is 133 Å². The van der Waals surface area contributed by atoms with Gasteiger partial charge in [0.15, 0.2) is 4.33 Å². The van der Waals surface area contributed by atoms with Crippen molar-refractivity contribution >= 4 is 44.7 Å². The van der Waals surface area contributed by atoms with Crippen molar-refractivity contribution in [2.45, 2.75) is 36.4 Å². The van der Waals surface area contributed by atoms with Crippen molar-refractivity contribution in [3.8, 4) is 0 Å². The monoisotopic (exact) mass is 611 g/mol. The van der Waals surface area contributed by atoms with Gasteiger partial charge < -0.3 is 0 Å². The molecule has 0 heterocycles. The average molecular weight is 614 g/mol. The van der Waals surface area contributed by atoms with E-state index in [-0.39, 0.29) is 26.2 Å². The van der Waals surface area contributed by atoms with Crippen molar-refractivity contribution in [1.29, 1.82) is 0 Å². The molecule has 3 heteroatoms. The summed E-state index contributed by atoms with van der Waals surface area (Å²) >= 11 is 12.7. The number of alkyl halides is 2. The molecule has 0 spiro atoms. The summed E-state index contributed by atoms with van der Waals surface area (Å²) in [5, 5.41) is 5.52. The van der Waals surface area contributed by atoms with Crippen molar-refractivity contribution in [2.24, 2.45) is 0 Å². The van der Waals surface area contributed by atoms with E-state index in [1.54, 1.807) is 0 Å².